The van der Waals surface area contributed by atoms with Gasteiger partial charge in [0, 0.05) is 5.02 Å². The zero-order valence-corrected chi connectivity index (χ0v) is 11.5. The summed E-state index contributed by atoms with van der Waals surface area (Å²) in [4.78, 5) is 0. The Kier molecular flexibility index (Phi) is 4.26. The molecule has 0 bridgehead atoms. The van der Waals surface area contributed by atoms with Crippen LogP contribution in [0.2, 0.25) is 5.02 Å². The van der Waals surface area contributed by atoms with Gasteiger partial charge in [-0.2, -0.15) is 0 Å². The van der Waals surface area contributed by atoms with E-state index in [4.69, 9.17) is 23.2 Å². The lowest BCUT2D eigenvalue weighted by Gasteiger charge is -2.13. The summed E-state index contributed by atoms with van der Waals surface area (Å²) in [6.07, 6.45) is 0.656. The minimum atomic E-state index is -0.252. The SMILES string of the molecule is Cc1ccc(F)cc1C(Cl)Cc1ccc(Cl)cc1. The van der Waals surface area contributed by atoms with Crippen molar-refractivity contribution in [3.05, 3.63) is 70.0 Å². The average Bonchev–Trinajstić information content (AvgIpc) is 2.35. The van der Waals surface area contributed by atoms with Crippen LogP contribution in [-0.2, 0) is 6.42 Å². The summed E-state index contributed by atoms with van der Waals surface area (Å²) in [5.41, 5.74) is 2.93. The van der Waals surface area contributed by atoms with Gasteiger partial charge in [0.25, 0.3) is 0 Å². The first kappa shape index (κ1) is 13.4. The summed E-state index contributed by atoms with van der Waals surface area (Å²) in [6, 6.07) is 12.2. The molecular weight excluding hydrogens is 270 g/mol. The summed E-state index contributed by atoms with van der Waals surface area (Å²) < 4.78 is 13.2. The van der Waals surface area contributed by atoms with E-state index in [0.29, 0.717) is 11.4 Å². The number of alkyl halides is 1. The molecule has 0 amide bonds. The molecule has 1 unspecified atom stereocenters. The van der Waals surface area contributed by atoms with Gasteiger partial charge in [-0.25, -0.2) is 4.39 Å². The maximum atomic E-state index is 13.2. The second-order valence-electron chi connectivity index (χ2n) is 4.30. The molecule has 2 aromatic carbocycles. The zero-order valence-electron chi connectivity index (χ0n) is 9.96. The number of halogens is 3. The standard InChI is InChI=1S/C15H13Cl2F/c1-10-2-7-13(18)9-14(10)15(17)8-11-3-5-12(16)6-4-11/h2-7,9,15H,8H2,1H3. The average molecular weight is 283 g/mol. The van der Waals surface area contributed by atoms with E-state index < -0.39 is 0 Å². The molecule has 94 valence electrons. The predicted octanol–water partition coefficient (Wildman–Crippen LogP) is 5.31. The van der Waals surface area contributed by atoms with Crippen molar-refractivity contribution in [3.8, 4) is 0 Å². The van der Waals surface area contributed by atoms with Crippen LogP contribution in [0.4, 0.5) is 4.39 Å². The monoisotopic (exact) mass is 282 g/mol. The molecule has 0 aromatic heterocycles. The van der Waals surface area contributed by atoms with Gasteiger partial charge in [-0.1, -0.05) is 29.8 Å². The fourth-order valence-corrected chi connectivity index (χ4v) is 2.43. The Labute approximate surface area is 116 Å². The highest BCUT2D eigenvalue weighted by molar-refractivity contribution is 6.30. The topological polar surface area (TPSA) is 0 Å². The van der Waals surface area contributed by atoms with Crippen molar-refractivity contribution < 1.29 is 4.39 Å². The third-order valence-electron chi connectivity index (χ3n) is 2.91. The molecule has 0 heterocycles. The normalized spacial score (nSPS) is 12.4. The molecule has 0 N–H and O–H groups in total. The van der Waals surface area contributed by atoms with E-state index in [1.54, 1.807) is 6.07 Å². The summed E-state index contributed by atoms with van der Waals surface area (Å²) in [5, 5.41) is 0.466. The zero-order chi connectivity index (χ0) is 13.1. The minimum Gasteiger partial charge on any atom is -0.207 e. The second-order valence-corrected chi connectivity index (χ2v) is 5.26. The smallest absolute Gasteiger partial charge is 0.123 e. The molecule has 0 nitrogen and oxygen atoms in total. The molecule has 0 spiro atoms. The predicted molar refractivity (Wildman–Crippen MR) is 74.9 cm³/mol. The van der Waals surface area contributed by atoms with Crippen molar-refractivity contribution in [1.82, 2.24) is 0 Å². The molecule has 0 fully saturated rings. The van der Waals surface area contributed by atoms with Gasteiger partial charge >= 0.3 is 0 Å². The Morgan fingerprint density at radius 3 is 2.44 bits per heavy atom. The highest BCUT2D eigenvalue weighted by Crippen LogP contribution is 2.28. The maximum absolute atomic E-state index is 13.2. The van der Waals surface area contributed by atoms with Crippen molar-refractivity contribution >= 4 is 23.2 Å². The van der Waals surface area contributed by atoms with Gasteiger partial charge in [0.2, 0.25) is 0 Å². The van der Waals surface area contributed by atoms with E-state index >= 15 is 0 Å². The van der Waals surface area contributed by atoms with Gasteiger partial charge in [0.15, 0.2) is 0 Å². The molecule has 1 atom stereocenters. The first-order valence-corrected chi connectivity index (χ1v) is 6.52. The van der Waals surface area contributed by atoms with Crippen molar-refractivity contribution in [2.24, 2.45) is 0 Å². The quantitative estimate of drug-likeness (QED) is 0.669. The molecule has 3 heteroatoms. The highest BCUT2D eigenvalue weighted by Gasteiger charge is 2.12. The van der Waals surface area contributed by atoms with Crippen molar-refractivity contribution in [2.75, 3.05) is 0 Å². The fraction of sp³-hybridized carbons (Fsp3) is 0.200. The third kappa shape index (κ3) is 3.24. The fourth-order valence-electron chi connectivity index (χ4n) is 1.89. The molecule has 18 heavy (non-hydrogen) atoms. The molecule has 0 aliphatic heterocycles. The first-order chi connectivity index (χ1) is 8.56. The van der Waals surface area contributed by atoms with Gasteiger partial charge in [0.1, 0.15) is 5.82 Å². The van der Waals surface area contributed by atoms with Gasteiger partial charge in [-0.05, 0) is 54.3 Å². The number of hydrogen-bond donors (Lipinski definition) is 0. The van der Waals surface area contributed by atoms with E-state index in [2.05, 4.69) is 0 Å². The number of aryl methyl sites for hydroxylation is 1. The van der Waals surface area contributed by atoms with Crippen LogP contribution in [0.25, 0.3) is 0 Å². The Balaban J connectivity index is 2.18. The summed E-state index contributed by atoms with van der Waals surface area (Å²) >= 11 is 12.2. The third-order valence-corrected chi connectivity index (χ3v) is 3.55. The molecule has 2 aromatic rings. The van der Waals surface area contributed by atoms with E-state index in [-0.39, 0.29) is 11.2 Å². The Hall–Kier alpha value is -1.05. The minimum absolute atomic E-state index is 0.234. The van der Waals surface area contributed by atoms with Gasteiger partial charge < -0.3 is 0 Å². The van der Waals surface area contributed by atoms with Crippen LogP contribution in [0.15, 0.2) is 42.5 Å². The van der Waals surface area contributed by atoms with E-state index in [1.807, 2.05) is 31.2 Å². The van der Waals surface area contributed by atoms with Crippen LogP contribution < -0.4 is 0 Å². The molecule has 2 rings (SSSR count). The van der Waals surface area contributed by atoms with Crippen LogP contribution in [0.3, 0.4) is 0 Å². The lowest BCUT2D eigenvalue weighted by molar-refractivity contribution is 0.624. The Bertz CT molecular complexity index is 535. The van der Waals surface area contributed by atoms with Gasteiger partial charge in [-0.3, -0.25) is 0 Å². The second kappa shape index (κ2) is 5.73. The van der Waals surface area contributed by atoms with E-state index in [1.165, 1.54) is 12.1 Å². The van der Waals surface area contributed by atoms with Crippen LogP contribution in [0.1, 0.15) is 22.1 Å². The molecular formula is C15H13Cl2F. The number of benzene rings is 2. The largest absolute Gasteiger partial charge is 0.207 e. The first-order valence-electron chi connectivity index (χ1n) is 5.71. The molecule has 0 saturated heterocycles. The van der Waals surface area contributed by atoms with Crippen LogP contribution in [-0.4, -0.2) is 0 Å². The molecule has 0 radical (unpaired) electrons. The lowest BCUT2D eigenvalue weighted by Crippen LogP contribution is -1.99. The van der Waals surface area contributed by atoms with E-state index in [0.717, 1.165) is 16.7 Å². The summed E-state index contributed by atoms with van der Waals surface area (Å²) in [5.74, 6) is -0.252. The van der Waals surface area contributed by atoms with Crippen molar-refractivity contribution in [1.29, 1.82) is 0 Å². The van der Waals surface area contributed by atoms with Crippen molar-refractivity contribution in [2.45, 2.75) is 18.7 Å². The van der Waals surface area contributed by atoms with Crippen LogP contribution >= 0.6 is 23.2 Å². The molecule has 0 aliphatic rings. The maximum Gasteiger partial charge on any atom is 0.123 e. The number of rotatable bonds is 3. The molecule has 0 aliphatic carbocycles. The van der Waals surface area contributed by atoms with Crippen LogP contribution in [0, 0.1) is 12.7 Å². The Morgan fingerprint density at radius 2 is 1.78 bits per heavy atom. The number of hydrogen-bond acceptors (Lipinski definition) is 0. The Morgan fingerprint density at radius 1 is 1.11 bits per heavy atom. The van der Waals surface area contributed by atoms with Crippen LogP contribution in [0.5, 0.6) is 0 Å². The molecule has 0 saturated carbocycles. The van der Waals surface area contributed by atoms with Gasteiger partial charge in [0.05, 0.1) is 5.38 Å². The van der Waals surface area contributed by atoms with Gasteiger partial charge in [-0.15, -0.1) is 11.6 Å². The summed E-state index contributed by atoms with van der Waals surface area (Å²) in [7, 11) is 0. The summed E-state index contributed by atoms with van der Waals surface area (Å²) in [6.45, 7) is 1.94. The lowest BCUT2D eigenvalue weighted by atomic mass is 10.00. The van der Waals surface area contributed by atoms with E-state index in [9.17, 15) is 4.39 Å². The van der Waals surface area contributed by atoms with Crippen molar-refractivity contribution in [3.63, 3.8) is 0 Å². The highest BCUT2D eigenvalue weighted by atomic mass is 35.5.